The summed E-state index contributed by atoms with van der Waals surface area (Å²) in [7, 11) is -3.75. The summed E-state index contributed by atoms with van der Waals surface area (Å²) in [6, 6.07) is 12.5. The highest BCUT2D eigenvalue weighted by Gasteiger charge is 2.20. The Kier molecular flexibility index (Phi) is 5.82. The summed E-state index contributed by atoms with van der Waals surface area (Å²) in [6.07, 6.45) is 2.20. The molecule has 2 aromatic rings. The Labute approximate surface area is 160 Å². The van der Waals surface area contributed by atoms with E-state index >= 15 is 0 Å². The minimum absolute atomic E-state index is 0.00491. The number of carbonyl (C=O) groups is 1. The topological polar surface area (TPSA) is 89.7 Å². The molecule has 0 fully saturated rings. The van der Waals surface area contributed by atoms with E-state index in [4.69, 9.17) is 9.88 Å². The van der Waals surface area contributed by atoms with Crippen LogP contribution in [0, 0.1) is 6.92 Å². The van der Waals surface area contributed by atoms with E-state index in [2.05, 4.69) is 4.90 Å². The molecule has 0 atom stereocenters. The number of nitrogens with zero attached hydrogens (tertiary/aromatic N) is 1. The zero-order chi connectivity index (χ0) is 19.4. The number of carbonyl (C=O) groups excluding carboxylic acids is 1. The number of ether oxygens (including phenoxy) is 1. The van der Waals surface area contributed by atoms with Crippen molar-refractivity contribution >= 4 is 21.5 Å². The molecule has 27 heavy (non-hydrogen) atoms. The number of primary sulfonamides is 1. The number of benzene rings is 2. The van der Waals surface area contributed by atoms with E-state index in [1.54, 1.807) is 6.07 Å². The zero-order valence-electron chi connectivity index (χ0n) is 15.3. The molecule has 1 aliphatic rings. The van der Waals surface area contributed by atoms with Crippen LogP contribution in [0.25, 0.3) is 0 Å². The largest absolute Gasteiger partial charge is 0.486 e. The third-order valence-electron chi connectivity index (χ3n) is 4.68. The first-order valence-corrected chi connectivity index (χ1v) is 10.5. The Morgan fingerprint density at radius 3 is 2.63 bits per heavy atom. The second-order valence-electron chi connectivity index (χ2n) is 6.82. The average molecular weight is 388 g/mol. The molecule has 0 radical (unpaired) electrons. The molecular formula is C20H24N2O4S. The van der Waals surface area contributed by atoms with Gasteiger partial charge in [-0.3, -0.25) is 4.79 Å². The minimum Gasteiger partial charge on any atom is -0.486 e. The number of nitrogens with two attached hydrogens (primary N) is 1. The molecule has 6 nitrogen and oxygen atoms in total. The van der Waals surface area contributed by atoms with Gasteiger partial charge in [0.1, 0.15) is 12.4 Å². The average Bonchev–Trinajstić information content (AvgIpc) is 2.64. The van der Waals surface area contributed by atoms with Crippen molar-refractivity contribution in [3.63, 3.8) is 0 Å². The van der Waals surface area contributed by atoms with Gasteiger partial charge in [-0.25, -0.2) is 13.6 Å². The second kappa shape index (κ2) is 8.10. The van der Waals surface area contributed by atoms with Crippen molar-refractivity contribution in [3.05, 3.63) is 53.6 Å². The number of rotatable bonds is 7. The molecule has 0 aromatic heterocycles. The van der Waals surface area contributed by atoms with Gasteiger partial charge < -0.3 is 9.64 Å². The summed E-state index contributed by atoms with van der Waals surface area (Å²) in [5, 5.41) is 5.24. The second-order valence-corrected chi connectivity index (χ2v) is 8.38. The molecule has 0 unspecified atom stereocenters. The van der Waals surface area contributed by atoms with Gasteiger partial charge in [0.05, 0.1) is 4.90 Å². The summed E-state index contributed by atoms with van der Waals surface area (Å²) in [4.78, 5) is 14.3. The Hall–Kier alpha value is -2.38. The molecular weight excluding hydrogens is 364 g/mol. The van der Waals surface area contributed by atoms with Crippen molar-refractivity contribution in [3.8, 4) is 5.75 Å². The normalized spacial score (nSPS) is 13.9. The van der Waals surface area contributed by atoms with Crippen LogP contribution in [0.1, 0.15) is 24.0 Å². The van der Waals surface area contributed by atoms with Crippen LogP contribution in [-0.4, -0.2) is 33.9 Å². The van der Waals surface area contributed by atoms with Gasteiger partial charge >= 0.3 is 0 Å². The van der Waals surface area contributed by atoms with Crippen molar-refractivity contribution < 1.29 is 17.9 Å². The molecule has 2 N–H and O–H groups in total. The Bertz CT molecular complexity index is 923. The standard InChI is InChI=1S/C20H24N2O4S/c1-15-4-7-18(8-5-15)26-14-17(23)10-12-22-11-2-3-16-6-9-19(13-20(16)22)27(21,24)25/h4-9,13H,2-3,10-12,14H2,1H3,(H2,21,24,25). The van der Waals surface area contributed by atoms with Crippen molar-refractivity contribution in [1.29, 1.82) is 0 Å². The smallest absolute Gasteiger partial charge is 0.238 e. The number of hydrogen-bond acceptors (Lipinski definition) is 5. The predicted molar refractivity (Wildman–Crippen MR) is 105 cm³/mol. The van der Waals surface area contributed by atoms with Crippen LogP contribution in [0.2, 0.25) is 0 Å². The lowest BCUT2D eigenvalue weighted by Crippen LogP contribution is -2.32. The first-order valence-electron chi connectivity index (χ1n) is 8.95. The molecule has 0 bridgehead atoms. The van der Waals surface area contributed by atoms with Gasteiger partial charge in [-0.05, 0) is 49.6 Å². The van der Waals surface area contributed by atoms with Crippen LogP contribution in [0.15, 0.2) is 47.4 Å². The van der Waals surface area contributed by atoms with Gasteiger partial charge in [-0.15, -0.1) is 0 Å². The lowest BCUT2D eigenvalue weighted by Gasteiger charge is -2.31. The summed E-state index contributed by atoms with van der Waals surface area (Å²) >= 11 is 0. The third kappa shape index (κ3) is 5.08. The van der Waals surface area contributed by atoms with E-state index in [1.165, 1.54) is 6.07 Å². The molecule has 7 heteroatoms. The lowest BCUT2D eigenvalue weighted by atomic mass is 10.0. The van der Waals surface area contributed by atoms with E-state index in [9.17, 15) is 13.2 Å². The molecule has 0 spiro atoms. The van der Waals surface area contributed by atoms with Gasteiger partial charge in [0.25, 0.3) is 0 Å². The zero-order valence-corrected chi connectivity index (χ0v) is 16.2. The highest BCUT2D eigenvalue weighted by molar-refractivity contribution is 7.89. The summed E-state index contributed by atoms with van der Waals surface area (Å²) in [5.41, 5.74) is 3.06. The molecule has 0 saturated carbocycles. The third-order valence-corrected chi connectivity index (χ3v) is 5.59. The first kappa shape index (κ1) is 19.4. The van der Waals surface area contributed by atoms with Crippen molar-refractivity contribution in [2.75, 3.05) is 24.6 Å². The molecule has 0 saturated heterocycles. The van der Waals surface area contributed by atoms with Crippen LogP contribution in [0.3, 0.4) is 0 Å². The number of anilines is 1. The van der Waals surface area contributed by atoms with Crippen LogP contribution in [0.5, 0.6) is 5.75 Å². The monoisotopic (exact) mass is 388 g/mol. The maximum absolute atomic E-state index is 12.2. The van der Waals surface area contributed by atoms with Gasteiger partial charge in [0.15, 0.2) is 5.78 Å². The minimum atomic E-state index is -3.75. The van der Waals surface area contributed by atoms with Crippen LogP contribution < -0.4 is 14.8 Å². The van der Waals surface area contributed by atoms with Gasteiger partial charge in [0, 0.05) is 25.2 Å². The number of aryl methyl sites for hydroxylation is 2. The van der Waals surface area contributed by atoms with Crippen molar-refractivity contribution in [1.82, 2.24) is 0 Å². The van der Waals surface area contributed by atoms with E-state index in [0.717, 1.165) is 36.2 Å². The highest BCUT2D eigenvalue weighted by Crippen LogP contribution is 2.29. The fraction of sp³-hybridized carbons (Fsp3) is 0.350. The predicted octanol–water partition coefficient (Wildman–Crippen LogP) is 2.43. The fourth-order valence-electron chi connectivity index (χ4n) is 3.17. The van der Waals surface area contributed by atoms with Crippen molar-refractivity contribution in [2.24, 2.45) is 5.14 Å². The van der Waals surface area contributed by atoms with E-state index in [0.29, 0.717) is 18.7 Å². The SMILES string of the molecule is Cc1ccc(OCC(=O)CCN2CCCc3ccc(S(N)(=O)=O)cc32)cc1. The number of ketones is 1. The Morgan fingerprint density at radius 1 is 1.19 bits per heavy atom. The molecule has 144 valence electrons. The summed E-state index contributed by atoms with van der Waals surface area (Å²) in [6.45, 7) is 3.33. The van der Waals surface area contributed by atoms with Crippen LogP contribution >= 0.6 is 0 Å². The van der Waals surface area contributed by atoms with Crippen molar-refractivity contribution in [2.45, 2.75) is 31.1 Å². The maximum atomic E-state index is 12.2. The number of sulfonamides is 1. The van der Waals surface area contributed by atoms with Gasteiger partial charge in [0.2, 0.25) is 10.0 Å². The maximum Gasteiger partial charge on any atom is 0.238 e. The van der Waals surface area contributed by atoms with E-state index in [1.807, 2.05) is 37.3 Å². The van der Waals surface area contributed by atoms with Crippen LogP contribution in [0.4, 0.5) is 5.69 Å². The molecule has 1 heterocycles. The fourth-order valence-corrected chi connectivity index (χ4v) is 3.70. The summed E-state index contributed by atoms with van der Waals surface area (Å²) in [5.74, 6) is 0.681. The number of Topliss-reactive ketones (excluding diaryl/α,β-unsaturated/α-hetero) is 1. The molecule has 1 aliphatic heterocycles. The highest BCUT2D eigenvalue weighted by atomic mass is 32.2. The summed E-state index contributed by atoms with van der Waals surface area (Å²) < 4.78 is 28.8. The molecule has 0 amide bonds. The number of fused-ring (bicyclic) bond motifs is 1. The Morgan fingerprint density at radius 2 is 1.93 bits per heavy atom. The molecule has 3 rings (SSSR count). The van der Waals surface area contributed by atoms with E-state index in [-0.39, 0.29) is 17.3 Å². The van der Waals surface area contributed by atoms with Crippen LogP contribution in [-0.2, 0) is 21.2 Å². The van der Waals surface area contributed by atoms with E-state index < -0.39 is 10.0 Å². The first-order chi connectivity index (χ1) is 12.8. The Balaban J connectivity index is 1.60. The molecule has 2 aromatic carbocycles. The quantitative estimate of drug-likeness (QED) is 0.787. The van der Waals surface area contributed by atoms with Gasteiger partial charge in [-0.2, -0.15) is 0 Å². The lowest BCUT2D eigenvalue weighted by molar-refractivity contribution is -0.120. The number of hydrogen-bond donors (Lipinski definition) is 1. The van der Waals surface area contributed by atoms with Gasteiger partial charge in [-0.1, -0.05) is 23.8 Å². The molecule has 0 aliphatic carbocycles.